The van der Waals surface area contributed by atoms with Crippen LogP contribution < -0.4 is 5.43 Å². The standard InChI is InChI=1S/C19H17N3O2S/c1-12-8-13(2)16(18(23)24)9-15(12)10-20-22-19-21-17(11-25-19)14-6-4-3-5-7-14/h3-11H,1-2H3,(H,21,22)(H,23,24). The Morgan fingerprint density at radius 1 is 1.20 bits per heavy atom. The van der Waals surface area contributed by atoms with Crippen LogP contribution >= 0.6 is 11.3 Å². The molecule has 0 bridgehead atoms. The molecular weight excluding hydrogens is 334 g/mol. The van der Waals surface area contributed by atoms with Crippen molar-refractivity contribution in [2.45, 2.75) is 13.8 Å². The molecule has 0 aliphatic rings. The van der Waals surface area contributed by atoms with E-state index < -0.39 is 5.97 Å². The maximum Gasteiger partial charge on any atom is 0.335 e. The highest BCUT2D eigenvalue weighted by atomic mass is 32.1. The number of carboxylic acid groups (broad SMARTS) is 1. The van der Waals surface area contributed by atoms with Crippen molar-refractivity contribution in [3.05, 3.63) is 70.1 Å². The summed E-state index contributed by atoms with van der Waals surface area (Å²) in [7, 11) is 0. The zero-order valence-corrected chi connectivity index (χ0v) is 14.7. The average molecular weight is 351 g/mol. The summed E-state index contributed by atoms with van der Waals surface area (Å²) in [5.74, 6) is -0.937. The fourth-order valence-corrected chi connectivity index (χ4v) is 3.13. The van der Waals surface area contributed by atoms with Gasteiger partial charge in [-0.15, -0.1) is 11.3 Å². The Morgan fingerprint density at radius 2 is 1.96 bits per heavy atom. The van der Waals surface area contributed by atoms with E-state index in [4.69, 9.17) is 0 Å². The van der Waals surface area contributed by atoms with Gasteiger partial charge in [-0.25, -0.2) is 9.78 Å². The number of hydrogen-bond acceptors (Lipinski definition) is 5. The lowest BCUT2D eigenvalue weighted by molar-refractivity contribution is 0.0696. The Balaban J connectivity index is 1.75. The minimum Gasteiger partial charge on any atom is -0.478 e. The second kappa shape index (κ2) is 7.27. The van der Waals surface area contributed by atoms with Gasteiger partial charge in [0.1, 0.15) is 0 Å². The van der Waals surface area contributed by atoms with E-state index in [0.29, 0.717) is 5.13 Å². The number of aromatic nitrogens is 1. The molecule has 25 heavy (non-hydrogen) atoms. The van der Waals surface area contributed by atoms with Gasteiger partial charge in [-0.3, -0.25) is 5.43 Å². The highest BCUT2D eigenvalue weighted by molar-refractivity contribution is 7.14. The van der Waals surface area contributed by atoms with Crippen molar-refractivity contribution in [1.29, 1.82) is 0 Å². The number of anilines is 1. The van der Waals surface area contributed by atoms with Gasteiger partial charge in [0.05, 0.1) is 17.5 Å². The molecule has 0 radical (unpaired) electrons. The number of rotatable bonds is 5. The zero-order valence-electron chi connectivity index (χ0n) is 13.9. The van der Waals surface area contributed by atoms with E-state index in [-0.39, 0.29) is 5.56 Å². The highest BCUT2D eigenvalue weighted by Crippen LogP contribution is 2.24. The number of nitrogens with zero attached hydrogens (tertiary/aromatic N) is 2. The minimum absolute atomic E-state index is 0.285. The number of nitrogens with one attached hydrogen (secondary N) is 1. The average Bonchev–Trinajstić information content (AvgIpc) is 3.06. The van der Waals surface area contributed by atoms with Crippen molar-refractivity contribution in [3.8, 4) is 11.3 Å². The van der Waals surface area contributed by atoms with Crippen LogP contribution in [0.5, 0.6) is 0 Å². The normalized spacial score (nSPS) is 11.0. The molecule has 0 saturated carbocycles. The number of hydrogen-bond donors (Lipinski definition) is 2. The maximum atomic E-state index is 11.2. The molecule has 2 aromatic carbocycles. The molecule has 0 atom stereocenters. The van der Waals surface area contributed by atoms with Gasteiger partial charge in [-0.05, 0) is 36.6 Å². The zero-order chi connectivity index (χ0) is 17.8. The van der Waals surface area contributed by atoms with Crippen LogP contribution in [0.3, 0.4) is 0 Å². The van der Waals surface area contributed by atoms with Crippen LogP contribution in [0.15, 0.2) is 52.9 Å². The summed E-state index contributed by atoms with van der Waals surface area (Å²) in [6.45, 7) is 3.72. The van der Waals surface area contributed by atoms with Crippen molar-refractivity contribution >= 4 is 28.7 Å². The van der Waals surface area contributed by atoms with Gasteiger partial charge in [-0.1, -0.05) is 36.4 Å². The van der Waals surface area contributed by atoms with Gasteiger partial charge >= 0.3 is 5.97 Å². The van der Waals surface area contributed by atoms with Crippen molar-refractivity contribution in [2.24, 2.45) is 5.10 Å². The van der Waals surface area contributed by atoms with Crippen molar-refractivity contribution in [2.75, 3.05) is 5.43 Å². The summed E-state index contributed by atoms with van der Waals surface area (Å²) in [5, 5.41) is 16.1. The van der Waals surface area contributed by atoms with Crippen LogP contribution in [0.4, 0.5) is 5.13 Å². The first kappa shape index (κ1) is 16.9. The second-order valence-electron chi connectivity index (χ2n) is 5.60. The molecule has 0 fully saturated rings. The van der Waals surface area contributed by atoms with Crippen LogP contribution in [0.1, 0.15) is 27.0 Å². The predicted octanol–water partition coefficient (Wildman–Crippen LogP) is 4.57. The summed E-state index contributed by atoms with van der Waals surface area (Å²) in [6, 6.07) is 13.4. The fourth-order valence-electron chi connectivity index (χ4n) is 2.46. The summed E-state index contributed by atoms with van der Waals surface area (Å²) >= 11 is 1.46. The lowest BCUT2D eigenvalue weighted by atomic mass is 10.0. The van der Waals surface area contributed by atoms with Gasteiger partial charge in [0, 0.05) is 10.9 Å². The van der Waals surface area contributed by atoms with Gasteiger partial charge in [0.25, 0.3) is 0 Å². The molecule has 2 N–H and O–H groups in total. The van der Waals surface area contributed by atoms with E-state index in [2.05, 4.69) is 15.5 Å². The molecule has 0 aliphatic heterocycles. The van der Waals surface area contributed by atoms with Crippen LogP contribution in [0.2, 0.25) is 0 Å². The number of aromatic carboxylic acids is 1. The number of carboxylic acids is 1. The van der Waals surface area contributed by atoms with E-state index in [1.807, 2.05) is 48.7 Å². The summed E-state index contributed by atoms with van der Waals surface area (Å²) in [6.07, 6.45) is 1.62. The van der Waals surface area contributed by atoms with Crippen molar-refractivity contribution in [3.63, 3.8) is 0 Å². The van der Waals surface area contributed by atoms with E-state index in [9.17, 15) is 9.90 Å². The first-order valence-corrected chi connectivity index (χ1v) is 8.57. The number of hydrazone groups is 1. The maximum absolute atomic E-state index is 11.2. The Kier molecular flexibility index (Phi) is 4.90. The van der Waals surface area contributed by atoms with Gasteiger partial charge in [0.15, 0.2) is 0 Å². The Morgan fingerprint density at radius 3 is 2.68 bits per heavy atom. The fraction of sp³-hybridized carbons (Fsp3) is 0.105. The van der Waals surface area contributed by atoms with Crippen LogP contribution in [-0.2, 0) is 0 Å². The first-order valence-electron chi connectivity index (χ1n) is 7.69. The van der Waals surface area contributed by atoms with E-state index >= 15 is 0 Å². The smallest absolute Gasteiger partial charge is 0.335 e. The SMILES string of the molecule is Cc1cc(C)c(C(=O)O)cc1C=NNc1nc(-c2ccccc2)cs1. The summed E-state index contributed by atoms with van der Waals surface area (Å²) in [5.41, 5.74) is 7.60. The molecule has 3 rings (SSSR count). The molecule has 0 spiro atoms. The molecule has 0 unspecified atom stereocenters. The molecule has 0 aliphatic carbocycles. The summed E-state index contributed by atoms with van der Waals surface area (Å²) in [4.78, 5) is 15.7. The molecule has 3 aromatic rings. The number of aryl methyl sites for hydroxylation is 2. The number of benzene rings is 2. The van der Waals surface area contributed by atoms with E-state index in [1.54, 1.807) is 19.2 Å². The summed E-state index contributed by atoms with van der Waals surface area (Å²) < 4.78 is 0. The number of thiazole rings is 1. The molecule has 5 nitrogen and oxygen atoms in total. The lowest BCUT2D eigenvalue weighted by Crippen LogP contribution is -2.03. The van der Waals surface area contributed by atoms with E-state index in [0.717, 1.165) is 27.9 Å². The molecule has 0 amide bonds. The second-order valence-corrected chi connectivity index (χ2v) is 6.46. The molecule has 0 saturated heterocycles. The van der Waals surface area contributed by atoms with Gasteiger partial charge in [-0.2, -0.15) is 5.10 Å². The van der Waals surface area contributed by atoms with Crippen LogP contribution in [0, 0.1) is 13.8 Å². The minimum atomic E-state index is -0.937. The largest absolute Gasteiger partial charge is 0.478 e. The Bertz CT molecular complexity index is 933. The lowest BCUT2D eigenvalue weighted by Gasteiger charge is -2.06. The van der Waals surface area contributed by atoms with E-state index in [1.165, 1.54) is 11.3 Å². The van der Waals surface area contributed by atoms with Gasteiger partial charge < -0.3 is 5.11 Å². The van der Waals surface area contributed by atoms with Crippen molar-refractivity contribution < 1.29 is 9.90 Å². The quantitative estimate of drug-likeness (QED) is 0.521. The highest BCUT2D eigenvalue weighted by Gasteiger charge is 2.09. The van der Waals surface area contributed by atoms with Crippen LogP contribution in [-0.4, -0.2) is 22.3 Å². The molecule has 6 heteroatoms. The molecule has 126 valence electrons. The topological polar surface area (TPSA) is 74.6 Å². The molecule has 1 aromatic heterocycles. The molecule has 1 heterocycles. The molecular formula is C19H17N3O2S. The predicted molar refractivity (Wildman–Crippen MR) is 102 cm³/mol. The number of carbonyl (C=O) groups is 1. The first-order chi connectivity index (χ1) is 12.0. The monoisotopic (exact) mass is 351 g/mol. The third-order valence-corrected chi connectivity index (χ3v) is 4.53. The Labute approximate surface area is 149 Å². The van der Waals surface area contributed by atoms with Crippen LogP contribution in [0.25, 0.3) is 11.3 Å². The third-order valence-electron chi connectivity index (χ3n) is 3.78. The Hall–Kier alpha value is -2.99. The van der Waals surface area contributed by atoms with Gasteiger partial charge in [0.2, 0.25) is 5.13 Å². The third kappa shape index (κ3) is 3.92. The van der Waals surface area contributed by atoms with Crippen molar-refractivity contribution in [1.82, 2.24) is 4.98 Å².